The lowest BCUT2D eigenvalue weighted by Crippen LogP contribution is -2.32. The van der Waals surface area contributed by atoms with E-state index in [1.54, 1.807) is 11.9 Å². The molecule has 0 radical (unpaired) electrons. The van der Waals surface area contributed by atoms with Crippen LogP contribution in [0.25, 0.3) is 11.5 Å². The van der Waals surface area contributed by atoms with Gasteiger partial charge in [-0.05, 0) is 31.0 Å². The molecule has 0 spiro atoms. The fourth-order valence-corrected chi connectivity index (χ4v) is 3.42. The second-order valence-corrected chi connectivity index (χ2v) is 7.42. The molecular weight excluding hydrogens is 346 g/mol. The summed E-state index contributed by atoms with van der Waals surface area (Å²) in [6.45, 7) is 4.42. The summed E-state index contributed by atoms with van der Waals surface area (Å²) < 4.78 is 5.74. The molecule has 3 aromatic rings. The van der Waals surface area contributed by atoms with Crippen LogP contribution in [-0.2, 0) is 11.3 Å². The van der Waals surface area contributed by atoms with Crippen molar-refractivity contribution in [3.05, 3.63) is 65.7 Å². The maximum atomic E-state index is 12.6. The first kappa shape index (κ1) is 18.2. The molecule has 0 bridgehead atoms. The summed E-state index contributed by atoms with van der Waals surface area (Å²) in [6.07, 6.45) is 0. The maximum absolute atomic E-state index is 12.6. The molecule has 0 aliphatic carbocycles. The van der Waals surface area contributed by atoms with Gasteiger partial charge in [-0.15, -0.1) is 10.2 Å². The van der Waals surface area contributed by atoms with E-state index in [-0.39, 0.29) is 11.2 Å². The molecule has 1 heterocycles. The van der Waals surface area contributed by atoms with Crippen LogP contribution >= 0.6 is 11.8 Å². The predicted molar refractivity (Wildman–Crippen MR) is 103 cm³/mol. The van der Waals surface area contributed by atoms with Gasteiger partial charge in [-0.1, -0.05) is 60.3 Å². The van der Waals surface area contributed by atoms with Crippen LogP contribution in [0, 0.1) is 6.92 Å². The van der Waals surface area contributed by atoms with Crippen LogP contribution in [-0.4, -0.2) is 33.3 Å². The summed E-state index contributed by atoms with van der Waals surface area (Å²) in [7, 11) is 1.80. The van der Waals surface area contributed by atoms with Gasteiger partial charge in [0.05, 0.1) is 5.25 Å². The zero-order valence-corrected chi connectivity index (χ0v) is 15.9. The Kier molecular flexibility index (Phi) is 5.73. The van der Waals surface area contributed by atoms with Gasteiger partial charge in [0.1, 0.15) is 0 Å². The Morgan fingerprint density at radius 3 is 2.54 bits per heavy atom. The number of aromatic nitrogens is 2. The first-order chi connectivity index (χ1) is 12.5. The quantitative estimate of drug-likeness (QED) is 0.612. The number of amides is 1. The Bertz CT molecular complexity index is 880. The van der Waals surface area contributed by atoms with Crippen LogP contribution in [0.15, 0.2) is 64.2 Å². The summed E-state index contributed by atoms with van der Waals surface area (Å²) in [5.74, 6) is 0.498. The van der Waals surface area contributed by atoms with Gasteiger partial charge in [0, 0.05) is 19.2 Å². The van der Waals surface area contributed by atoms with E-state index in [1.807, 2.05) is 68.4 Å². The molecular formula is C20H21N3O2S. The van der Waals surface area contributed by atoms with Gasteiger partial charge >= 0.3 is 0 Å². The third-order valence-corrected chi connectivity index (χ3v) is 4.97. The van der Waals surface area contributed by atoms with Gasteiger partial charge in [-0.25, -0.2) is 0 Å². The van der Waals surface area contributed by atoms with Crippen LogP contribution in [0.5, 0.6) is 0 Å². The Balaban J connectivity index is 1.63. The molecule has 2 aromatic carbocycles. The second kappa shape index (κ2) is 8.19. The fraction of sp³-hybridized carbons (Fsp3) is 0.250. The van der Waals surface area contributed by atoms with E-state index in [9.17, 15) is 4.79 Å². The van der Waals surface area contributed by atoms with Gasteiger partial charge in [-0.3, -0.25) is 4.79 Å². The van der Waals surface area contributed by atoms with E-state index >= 15 is 0 Å². The minimum Gasteiger partial charge on any atom is -0.411 e. The number of aryl methyl sites for hydroxylation is 1. The summed E-state index contributed by atoms with van der Waals surface area (Å²) in [5.41, 5.74) is 3.08. The molecule has 134 valence electrons. The van der Waals surface area contributed by atoms with Crippen LogP contribution in [0.2, 0.25) is 0 Å². The molecule has 0 N–H and O–H groups in total. The normalized spacial score (nSPS) is 12.0. The summed E-state index contributed by atoms with van der Waals surface area (Å²) in [4.78, 5) is 14.3. The van der Waals surface area contributed by atoms with Crippen molar-refractivity contribution in [2.75, 3.05) is 7.05 Å². The molecule has 26 heavy (non-hydrogen) atoms. The SMILES string of the molecule is Cc1ccccc1-c1nnc(S[C@@H](C)C(=O)N(C)Cc2ccccc2)o1. The highest BCUT2D eigenvalue weighted by Gasteiger charge is 2.22. The van der Waals surface area contributed by atoms with Crippen molar-refractivity contribution in [1.82, 2.24) is 15.1 Å². The van der Waals surface area contributed by atoms with E-state index in [2.05, 4.69) is 10.2 Å². The molecule has 0 unspecified atom stereocenters. The second-order valence-electron chi connectivity index (χ2n) is 6.13. The molecule has 0 aliphatic heterocycles. The van der Waals surface area contributed by atoms with Crippen molar-refractivity contribution >= 4 is 17.7 Å². The van der Waals surface area contributed by atoms with E-state index < -0.39 is 0 Å². The lowest BCUT2D eigenvalue weighted by molar-refractivity contribution is -0.129. The average molecular weight is 367 g/mol. The molecule has 0 saturated heterocycles. The van der Waals surface area contributed by atoms with Crippen LogP contribution in [0.4, 0.5) is 0 Å². The van der Waals surface area contributed by atoms with E-state index in [1.165, 1.54) is 11.8 Å². The number of hydrogen-bond acceptors (Lipinski definition) is 5. The Morgan fingerprint density at radius 1 is 1.12 bits per heavy atom. The number of thioether (sulfide) groups is 1. The van der Waals surface area contributed by atoms with Gasteiger partial charge in [0.15, 0.2) is 0 Å². The first-order valence-corrected chi connectivity index (χ1v) is 9.27. The largest absolute Gasteiger partial charge is 0.411 e. The van der Waals surface area contributed by atoms with Gasteiger partial charge in [0.25, 0.3) is 5.22 Å². The van der Waals surface area contributed by atoms with Crippen LogP contribution < -0.4 is 0 Å². The highest BCUT2D eigenvalue weighted by molar-refractivity contribution is 8.00. The lowest BCUT2D eigenvalue weighted by Gasteiger charge is -2.20. The third kappa shape index (κ3) is 4.32. The van der Waals surface area contributed by atoms with Crippen LogP contribution in [0.1, 0.15) is 18.1 Å². The molecule has 1 aromatic heterocycles. The number of benzene rings is 2. The predicted octanol–water partition coefficient (Wildman–Crippen LogP) is 4.18. The van der Waals surface area contributed by atoms with Crippen molar-refractivity contribution in [3.63, 3.8) is 0 Å². The molecule has 0 aliphatic rings. The summed E-state index contributed by atoms with van der Waals surface area (Å²) in [6, 6.07) is 17.8. The molecule has 3 rings (SSSR count). The fourth-order valence-electron chi connectivity index (χ4n) is 2.63. The minimum atomic E-state index is -0.311. The zero-order valence-electron chi connectivity index (χ0n) is 15.0. The first-order valence-electron chi connectivity index (χ1n) is 8.39. The Hall–Kier alpha value is -2.60. The van der Waals surface area contributed by atoms with Crippen molar-refractivity contribution < 1.29 is 9.21 Å². The van der Waals surface area contributed by atoms with Crippen molar-refractivity contribution in [2.24, 2.45) is 0 Å². The number of nitrogens with zero attached hydrogens (tertiary/aromatic N) is 3. The molecule has 1 atom stereocenters. The third-order valence-electron chi connectivity index (χ3n) is 4.05. The summed E-state index contributed by atoms with van der Waals surface area (Å²) >= 11 is 1.28. The van der Waals surface area contributed by atoms with Crippen molar-refractivity contribution in [3.8, 4) is 11.5 Å². The number of hydrogen-bond donors (Lipinski definition) is 0. The van der Waals surface area contributed by atoms with Crippen LogP contribution in [0.3, 0.4) is 0 Å². The van der Waals surface area contributed by atoms with E-state index in [4.69, 9.17) is 4.42 Å². The smallest absolute Gasteiger partial charge is 0.277 e. The average Bonchev–Trinajstić information content (AvgIpc) is 3.10. The summed E-state index contributed by atoms with van der Waals surface area (Å²) in [5, 5.41) is 8.27. The molecule has 1 amide bonds. The Morgan fingerprint density at radius 2 is 1.81 bits per heavy atom. The number of carbonyl (C=O) groups is 1. The van der Waals surface area contributed by atoms with Crippen molar-refractivity contribution in [2.45, 2.75) is 30.9 Å². The monoisotopic (exact) mass is 367 g/mol. The minimum absolute atomic E-state index is 0.0227. The van der Waals surface area contributed by atoms with Gasteiger partial charge < -0.3 is 9.32 Å². The molecule has 0 fully saturated rings. The highest BCUT2D eigenvalue weighted by atomic mass is 32.2. The molecule has 0 saturated carbocycles. The molecule has 5 nitrogen and oxygen atoms in total. The maximum Gasteiger partial charge on any atom is 0.277 e. The van der Waals surface area contributed by atoms with Crippen molar-refractivity contribution in [1.29, 1.82) is 0 Å². The number of rotatable bonds is 6. The lowest BCUT2D eigenvalue weighted by atomic mass is 10.1. The highest BCUT2D eigenvalue weighted by Crippen LogP contribution is 2.28. The standard InChI is InChI=1S/C20H21N3O2S/c1-14-9-7-8-12-17(14)18-21-22-20(25-18)26-15(2)19(24)23(3)13-16-10-5-4-6-11-16/h4-12,15H,13H2,1-3H3/t15-/m0/s1. The van der Waals surface area contributed by atoms with Gasteiger partial charge in [0.2, 0.25) is 11.8 Å². The van der Waals surface area contributed by atoms with Gasteiger partial charge in [-0.2, -0.15) is 0 Å². The topological polar surface area (TPSA) is 59.2 Å². The van der Waals surface area contributed by atoms with E-state index in [0.717, 1.165) is 16.7 Å². The number of carbonyl (C=O) groups excluding carboxylic acids is 1. The zero-order chi connectivity index (χ0) is 18.5. The Labute approximate surface area is 157 Å². The molecule has 6 heteroatoms. The van der Waals surface area contributed by atoms with E-state index in [0.29, 0.717) is 17.7 Å².